The number of aromatic amines is 1. The number of aromatic nitrogens is 4. The van der Waals surface area contributed by atoms with E-state index in [0.717, 1.165) is 0 Å². The highest BCUT2D eigenvalue weighted by Gasteiger charge is 2.28. The van der Waals surface area contributed by atoms with Crippen LogP contribution in [0, 0.1) is 0 Å². The summed E-state index contributed by atoms with van der Waals surface area (Å²) in [5.74, 6) is -2.28. The van der Waals surface area contributed by atoms with Crippen molar-refractivity contribution in [3.8, 4) is 0 Å². The first-order valence-corrected chi connectivity index (χ1v) is 11.0. The van der Waals surface area contributed by atoms with Gasteiger partial charge >= 0.3 is 15.2 Å². The molecule has 0 aliphatic rings. The van der Waals surface area contributed by atoms with Gasteiger partial charge in [-0.1, -0.05) is 0 Å². The van der Waals surface area contributed by atoms with Crippen LogP contribution in [0.25, 0.3) is 11.2 Å². The second-order valence-electron chi connectivity index (χ2n) is 5.71. The second-order valence-corrected chi connectivity index (χ2v) is 9.07. The normalized spacial score (nSPS) is 15.0. The molecule has 2 atom stereocenters. The fourth-order valence-corrected chi connectivity index (χ4v) is 2.72. The van der Waals surface area contributed by atoms with Crippen molar-refractivity contribution in [2.24, 2.45) is 0 Å². The molecule has 2 aromatic heterocycles. The third kappa shape index (κ3) is 6.44. The van der Waals surface area contributed by atoms with E-state index < -0.39 is 52.3 Å². The van der Waals surface area contributed by atoms with Crippen LogP contribution in [0.5, 0.6) is 0 Å². The number of rotatable bonds is 10. The van der Waals surface area contributed by atoms with Crippen LogP contribution in [-0.4, -0.2) is 75.7 Å². The highest BCUT2D eigenvalue weighted by molar-refractivity contribution is 7.52. The van der Waals surface area contributed by atoms with Crippen molar-refractivity contribution in [2.45, 2.75) is 18.5 Å². The van der Waals surface area contributed by atoms with Crippen LogP contribution < -0.4 is 11.3 Å². The molecule has 0 saturated carbocycles. The van der Waals surface area contributed by atoms with Crippen LogP contribution in [0.2, 0.25) is 0 Å². The molecule has 0 aromatic carbocycles. The molecule has 0 amide bonds. The van der Waals surface area contributed by atoms with Crippen molar-refractivity contribution in [1.82, 2.24) is 19.5 Å². The Labute approximate surface area is 156 Å². The predicted octanol–water partition coefficient (Wildman–Crippen LogP) is -2.27. The lowest BCUT2D eigenvalue weighted by Gasteiger charge is -2.21. The van der Waals surface area contributed by atoms with Crippen molar-refractivity contribution in [2.75, 3.05) is 25.3 Å². The molecule has 2 rings (SSSR count). The number of fused-ring (bicyclic) bond motifs is 1. The molecular formula is C11H19N5O10P2. The molecule has 0 aliphatic carbocycles. The van der Waals surface area contributed by atoms with Gasteiger partial charge in [0, 0.05) is 0 Å². The minimum atomic E-state index is -4.82. The number of nitrogen functional groups attached to an aromatic ring is 1. The summed E-state index contributed by atoms with van der Waals surface area (Å²) in [6.45, 7) is -1.32. The van der Waals surface area contributed by atoms with E-state index in [4.69, 9.17) is 34.8 Å². The van der Waals surface area contributed by atoms with E-state index in [1.165, 1.54) is 10.9 Å². The van der Waals surface area contributed by atoms with Gasteiger partial charge in [-0.15, -0.1) is 0 Å². The van der Waals surface area contributed by atoms with Gasteiger partial charge in [-0.25, -0.2) is 4.98 Å². The molecule has 2 heterocycles. The zero-order chi connectivity index (χ0) is 21.1. The quantitative estimate of drug-likeness (QED) is 0.192. The largest absolute Gasteiger partial charge is 0.378 e. The monoisotopic (exact) mass is 443 g/mol. The number of ether oxygens (including phenoxy) is 2. The Bertz CT molecular complexity index is 964. The number of aliphatic hydroxyl groups excluding tert-OH is 1. The number of hydrogen-bond donors (Lipinski definition) is 7. The Balaban J connectivity index is 2.17. The number of aliphatic hydroxyl groups is 1. The van der Waals surface area contributed by atoms with E-state index in [1.54, 1.807) is 0 Å². The number of nitrogens with two attached hydrogens (primary N) is 1. The molecule has 0 bridgehead atoms. The molecule has 0 unspecified atom stereocenters. The highest BCUT2D eigenvalue weighted by Crippen LogP contribution is 2.39. The van der Waals surface area contributed by atoms with E-state index in [9.17, 15) is 19.0 Å². The number of imidazole rings is 1. The van der Waals surface area contributed by atoms with Crippen molar-refractivity contribution in [3.05, 3.63) is 16.7 Å². The van der Waals surface area contributed by atoms with Gasteiger partial charge in [0.25, 0.3) is 5.56 Å². The Morgan fingerprint density at radius 3 is 2.54 bits per heavy atom. The first-order chi connectivity index (χ1) is 12.9. The molecule has 28 heavy (non-hydrogen) atoms. The van der Waals surface area contributed by atoms with E-state index in [2.05, 4.69) is 15.0 Å². The Hall–Kier alpha value is -1.67. The molecule has 0 fully saturated rings. The Kier molecular flexibility index (Phi) is 7.09. The average Bonchev–Trinajstić information content (AvgIpc) is 2.93. The first-order valence-electron chi connectivity index (χ1n) is 7.54. The minimum Gasteiger partial charge on any atom is -0.378 e. The Morgan fingerprint density at radius 1 is 1.25 bits per heavy atom. The number of anilines is 1. The van der Waals surface area contributed by atoms with Gasteiger partial charge < -0.3 is 44.5 Å². The predicted molar refractivity (Wildman–Crippen MR) is 93.2 cm³/mol. The highest BCUT2D eigenvalue weighted by atomic mass is 31.2. The topological polar surface area (TPSA) is 243 Å². The van der Waals surface area contributed by atoms with Crippen LogP contribution in [0.3, 0.4) is 0 Å². The number of nitrogens with one attached hydrogen (secondary N) is 1. The molecule has 2 aromatic rings. The van der Waals surface area contributed by atoms with Crippen molar-refractivity contribution >= 4 is 32.3 Å². The number of hydrogen-bond acceptors (Lipinski definition) is 9. The third-order valence-corrected chi connectivity index (χ3v) is 4.77. The molecule has 0 aliphatic heterocycles. The van der Waals surface area contributed by atoms with Gasteiger partial charge in [0.1, 0.15) is 6.35 Å². The molecule has 8 N–H and O–H groups in total. The Morgan fingerprint density at radius 2 is 1.93 bits per heavy atom. The number of H-pyrrole nitrogens is 1. The maximum absolute atomic E-state index is 11.8. The summed E-state index contributed by atoms with van der Waals surface area (Å²) in [5.41, 5.74) is 4.95. The molecular weight excluding hydrogens is 424 g/mol. The minimum absolute atomic E-state index is 0.0284. The lowest BCUT2D eigenvalue weighted by atomic mass is 10.3. The van der Waals surface area contributed by atoms with Crippen molar-refractivity contribution < 1.29 is 43.3 Å². The summed E-state index contributed by atoms with van der Waals surface area (Å²) in [6, 6.07) is 0. The summed E-state index contributed by atoms with van der Waals surface area (Å²) in [5, 5.41) is 9.41. The van der Waals surface area contributed by atoms with Crippen LogP contribution >= 0.6 is 15.2 Å². The third-order valence-electron chi connectivity index (χ3n) is 3.33. The smallest absolute Gasteiger partial charge is 0.356 e. The van der Waals surface area contributed by atoms with Gasteiger partial charge in [0.15, 0.2) is 17.0 Å². The zero-order valence-electron chi connectivity index (χ0n) is 14.2. The summed E-state index contributed by atoms with van der Waals surface area (Å²) in [7, 11) is -9.27. The van der Waals surface area contributed by atoms with Gasteiger partial charge in [-0.2, -0.15) is 4.98 Å². The van der Waals surface area contributed by atoms with E-state index >= 15 is 0 Å². The molecule has 15 nitrogen and oxygen atoms in total. The van der Waals surface area contributed by atoms with E-state index in [-0.39, 0.29) is 23.7 Å². The van der Waals surface area contributed by atoms with Gasteiger partial charge in [0.2, 0.25) is 5.95 Å². The second kappa shape index (κ2) is 8.78. The fraction of sp³-hybridized carbons (Fsp3) is 0.545. The molecule has 158 valence electrons. The first kappa shape index (κ1) is 22.6. The summed E-state index contributed by atoms with van der Waals surface area (Å²) >= 11 is 0. The average molecular weight is 443 g/mol. The molecule has 0 spiro atoms. The van der Waals surface area contributed by atoms with Gasteiger partial charge in [-0.05, 0) is 0 Å². The molecule has 17 heteroatoms. The molecule has 0 radical (unpaired) electrons. The van der Waals surface area contributed by atoms with Crippen LogP contribution in [0.4, 0.5) is 5.95 Å². The summed E-state index contributed by atoms with van der Waals surface area (Å²) in [4.78, 5) is 57.4. The van der Waals surface area contributed by atoms with Gasteiger partial charge in [-0.3, -0.25) is 18.9 Å². The zero-order valence-corrected chi connectivity index (χ0v) is 15.9. The van der Waals surface area contributed by atoms with E-state index in [1.807, 2.05) is 0 Å². The lowest BCUT2D eigenvalue weighted by molar-refractivity contribution is -0.0388. The lowest BCUT2D eigenvalue weighted by Crippen LogP contribution is -2.29. The van der Waals surface area contributed by atoms with Crippen LogP contribution in [0.15, 0.2) is 11.1 Å². The maximum atomic E-state index is 11.8. The number of nitrogens with zero attached hydrogens (tertiary/aromatic N) is 3. The summed E-state index contributed by atoms with van der Waals surface area (Å²) < 4.78 is 33.3. The van der Waals surface area contributed by atoms with Crippen molar-refractivity contribution in [3.63, 3.8) is 0 Å². The summed E-state index contributed by atoms with van der Waals surface area (Å²) in [6.07, 6.45) is -0.721. The van der Waals surface area contributed by atoms with Gasteiger partial charge in [0.05, 0.1) is 32.2 Å². The van der Waals surface area contributed by atoms with E-state index in [0.29, 0.717) is 0 Å². The molecule has 0 saturated heterocycles. The van der Waals surface area contributed by atoms with Crippen LogP contribution in [0.1, 0.15) is 0 Å². The standard InChI is InChI=1S/C11H19N5O10P2/c12-11-14-9-8(10(18)15-11)13-4-16(9)1-6(2-25-5-27(19,20)21)26-3-7(17)28(22,23)24/h4,6-7,17H,1-3,5H2,(H2,19,20,21)(H2,22,23,24)(H3,12,14,15,18)/t6-,7-/m0/s1. The fourth-order valence-electron chi connectivity index (χ4n) is 2.10. The SMILES string of the molecule is Nc1nc2c(ncn2C[C@@H](COCP(=O)(O)O)OC[C@@H](O)P(=O)(O)O)c(=O)[nH]1. The maximum Gasteiger partial charge on any atom is 0.356 e. The van der Waals surface area contributed by atoms with Crippen LogP contribution in [-0.2, 0) is 25.1 Å². The van der Waals surface area contributed by atoms with Crippen molar-refractivity contribution in [1.29, 1.82) is 0 Å².